The summed E-state index contributed by atoms with van der Waals surface area (Å²) in [5.74, 6) is 0.676. The molecule has 26 heavy (non-hydrogen) atoms. The molecule has 0 atom stereocenters. The molecule has 0 saturated heterocycles. The lowest BCUT2D eigenvalue weighted by Gasteiger charge is -2.07. The van der Waals surface area contributed by atoms with Crippen molar-refractivity contribution in [2.75, 3.05) is 11.9 Å². The number of carbonyl (C=O) groups is 1. The van der Waals surface area contributed by atoms with Gasteiger partial charge in [0.25, 0.3) is 5.91 Å². The van der Waals surface area contributed by atoms with Crippen LogP contribution in [0.15, 0.2) is 67.0 Å². The van der Waals surface area contributed by atoms with Crippen LogP contribution in [0, 0.1) is 0 Å². The first kappa shape index (κ1) is 16.1. The van der Waals surface area contributed by atoms with Crippen LogP contribution in [0.2, 0.25) is 0 Å². The zero-order valence-electron chi connectivity index (χ0n) is 14.4. The van der Waals surface area contributed by atoms with E-state index in [9.17, 15) is 4.79 Å². The molecule has 1 aliphatic rings. The Morgan fingerprint density at radius 3 is 2.65 bits per heavy atom. The quantitative estimate of drug-likeness (QED) is 0.703. The van der Waals surface area contributed by atoms with Crippen LogP contribution in [0.25, 0.3) is 22.8 Å². The predicted molar refractivity (Wildman–Crippen MR) is 104 cm³/mol. The van der Waals surface area contributed by atoms with Gasteiger partial charge in [-0.1, -0.05) is 30.3 Å². The second-order valence-corrected chi connectivity index (χ2v) is 5.98. The van der Waals surface area contributed by atoms with Crippen LogP contribution in [0.1, 0.15) is 18.1 Å². The van der Waals surface area contributed by atoms with Gasteiger partial charge in [-0.3, -0.25) is 9.78 Å². The largest absolute Gasteiger partial charge is 0.493 e. The van der Waals surface area contributed by atoms with E-state index in [0.29, 0.717) is 12.2 Å². The fraction of sp³-hybridized carbons (Fsp3) is 0.0909. The third kappa shape index (κ3) is 2.97. The Labute approximate surface area is 152 Å². The average Bonchev–Trinajstić information content (AvgIpc) is 2.99. The fourth-order valence-corrected chi connectivity index (χ4v) is 3.10. The summed E-state index contributed by atoms with van der Waals surface area (Å²) < 4.78 is 5.67. The van der Waals surface area contributed by atoms with Gasteiger partial charge < -0.3 is 10.1 Å². The molecule has 4 heteroatoms. The van der Waals surface area contributed by atoms with Crippen LogP contribution >= 0.6 is 0 Å². The van der Waals surface area contributed by atoms with Gasteiger partial charge >= 0.3 is 0 Å². The molecule has 2 heterocycles. The Morgan fingerprint density at radius 2 is 1.85 bits per heavy atom. The highest BCUT2D eigenvalue weighted by atomic mass is 16.5. The van der Waals surface area contributed by atoms with Gasteiger partial charge in [-0.15, -0.1) is 0 Å². The molecule has 4 nitrogen and oxygen atoms in total. The third-order valence-corrected chi connectivity index (χ3v) is 4.33. The van der Waals surface area contributed by atoms with Gasteiger partial charge in [-0.25, -0.2) is 0 Å². The molecule has 4 rings (SSSR count). The Kier molecular flexibility index (Phi) is 4.23. The second kappa shape index (κ2) is 6.84. The lowest BCUT2D eigenvalue weighted by atomic mass is 9.99. The maximum atomic E-state index is 12.5. The Hall–Kier alpha value is -3.40. The van der Waals surface area contributed by atoms with Gasteiger partial charge in [-0.05, 0) is 48.4 Å². The first-order valence-corrected chi connectivity index (χ1v) is 8.56. The lowest BCUT2D eigenvalue weighted by molar-refractivity contribution is -0.110. The topological polar surface area (TPSA) is 51.2 Å². The van der Waals surface area contributed by atoms with Gasteiger partial charge in [0.05, 0.1) is 6.61 Å². The van der Waals surface area contributed by atoms with Crippen molar-refractivity contribution >= 4 is 23.2 Å². The zero-order valence-corrected chi connectivity index (χ0v) is 14.4. The van der Waals surface area contributed by atoms with Crippen molar-refractivity contribution in [3.8, 4) is 16.9 Å². The van der Waals surface area contributed by atoms with Crippen molar-refractivity contribution in [3.63, 3.8) is 0 Å². The Balaban J connectivity index is 1.75. The van der Waals surface area contributed by atoms with E-state index in [2.05, 4.69) is 10.3 Å². The Morgan fingerprint density at radius 1 is 1.04 bits per heavy atom. The number of nitrogens with zero attached hydrogens (tertiary/aromatic N) is 1. The van der Waals surface area contributed by atoms with E-state index in [-0.39, 0.29) is 5.91 Å². The number of fused-ring (bicyclic) bond motifs is 1. The molecular formula is C22H18N2O2. The normalized spacial score (nSPS) is 14.2. The highest BCUT2D eigenvalue weighted by molar-refractivity contribution is 6.35. The summed E-state index contributed by atoms with van der Waals surface area (Å²) in [6.45, 7) is 2.53. The van der Waals surface area contributed by atoms with Gasteiger partial charge in [0.15, 0.2) is 0 Å². The van der Waals surface area contributed by atoms with Gasteiger partial charge in [0, 0.05) is 34.8 Å². The molecule has 0 unspecified atom stereocenters. The molecular weight excluding hydrogens is 324 g/mol. The van der Waals surface area contributed by atoms with E-state index in [4.69, 9.17) is 4.74 Å². The number of aromatic nitrogens is 1. The van der Waals surface area contributed by atoms with Crippen molar-refractivity contribution in [2.45, 2.75) is 6.92 Å². The SMILES string of the molecule is CCOc1ccccc1/C=C1/C(=O)Nc2cc(-c3ccncc3)ccc21. The highest BCUT2D eigenvalue weighted by Crippen LogP contribution is 2.37. The molecule has 0 bridgehead atoms. The van der Waals surface area contributed by atoms with Gasteiger partial charge in [0.1, 0.15) is 5.75 Å². The summed E-state index contributed by atoms with van der Waals surface area (Å²) in [5.41, 5.74) is 5.38. The standard InChI is InChI=1S/C22H18N2O2/c1-2-26-21-6-4-3-5-17(21)13-19-18-8-7-16(14-20(18)24-22(19)25)15-9-11-23-12-10-15/h3-14H,2H2,1H3,(H,24,25)/b19-13+. The maximum absolute atomic E-state index is 12.5. The van der Waals surface area contributed by atoms with Crippen LogP contribution in [0.4, 0.5) is 5.69 Å². The summed E-state index contributed by atoms with van der Waals surface area (Å²) >= 11 is 0. The second-order valence-electron chi connectivity index (χ2n) is 5.98. The van der Waals surface area contributed by atoms with Crippen molar-refractivity contribution in [3.05, 3.63) is 78.1 Å². The van der Waals surface area contributed by atoms with Crippen molar-refractivity contribution in [1.29, 1.82) is 0 Å². The van der Waals surface area contributed by atoms with Crippen LogP contribution in [-0.2, 0) is 4.79 Å². The molecule has 1 amide bonds. The first-order chi connectivity index (χ1) is 12.8. The number of amides is 1. The number of ether oxygens (including phenoxy) is 1. The molecule has 128 valence electrons. The van der Waals surface area contributed by atoms with Crippen LogP contribution in [-0.4, -0.2) is 17.5 Å². The number of rotatable bonds is 4. The number of anilines is 1. The number of carbonyl (C=O) groups excluding carboxylic acids is 1. The van der Waals surface area contributed by atoms with Crippen molar-refractivity contribution in [2.24, 2.45) is 0 Å². The number of nitrogens with one attached hydrogen (secondary N) is 1. The van der Waals surface area contributed by atoms with Crippen LogP contribution in [0.3, 0.4) is 0 Å². The molecule has 2 aromatic carbocycles. The molecule has 1 N–H and O–H groups in total. The summed E-state index contributed by atoms with van der Waals surface area (Å²) in [5, 5.41) is 2.97. The van der Waals surface area contributed by atoms with Crippen molar-refractivity contribution < 1.29 is 9.53 Å². The maximum Gasteiger partial charge on any atom is 0.256 e. The summed E-state index contributed by atoms with van der Waals surface area (Å²) in [6, 6.07) is 17.6. The predicted octanol–water partition coefficient (Wildman–Crippen LogP) is 4.64. The monoisotopic (exact) mass is 342 g/mol. The van der Waals surface area contributed by atoms with Crippen LogP contribution < -0.4 is 10.1 Å². The van der Waals surface area contributed by atoms with Crippen LogP contribution in [0.5, 0.6) is 5.75 Å². The summed E-state index contributed by atoms with van der Waals surface area (Å²) in [7, 11) is 0. The number of para-hydroxylation sites is 1. The molecule has 3 aromatic rings. The molecule has 0 fully saturated rings. The zero-order chi connectivity index (χ0) is 17.9. The number of pyridine rings is 1. The smallest absolute Gasteiger partial charge is 0.256 e. The van der Waals surface area contributed by atoms with E-state index in [0.717, 1.165) is 33.7 Å². The minimum absolute atomic E-state index is 0.0989. The van der Waals surface area contributed by atoms with Gasteiger partial charge in [0.2, 0.25) is 0 Å². The highest BCUT2D eigenvalue weighted by Gasteiger charge is 2.24. The molecule has 0 radical (unpaired) electrons. The van der Waals surface area contributed by atoms with E-state index < -0.39 is 0 Å². The lowest BCUT2D eigenvalue weighted by Crippen LogP contribution is -2.03. The molecule has 1 aromatic heterocycles. The van der Waals surface area contributed by atoms with E-state index in [1.807, 2.05) is 67.6 Å². The minimum Gasteiger partial charge on any atom is -0.493 e. The molecule has 0 spiro atoms. The summed E-state index contributed by atoms with van der Waals surface area (Å²) in [6.07, 6.45) is 5.41. The molecule has 0 aliphatic carbocycles. The molecule has 0 saturated carbocycles. The van der Waals surface area contributed by atoms with Gasteiger partial charge in [-0.2, -0.15) is 0 Å². The average molecular weight is 342 g/mol. The van der Waals surface area contributed by atoms with Crippen molar-refractivity contribution in [1.82, 2.24) is 4.98 Å². The minimum atomic E-state index is -0.0989. The first-order valence-electron chi connectivity index (χ1n) is 8.56. The summed E-state index contributed by atoms with van der Waals surface area (Å²) in [4.78, 5) is 16.6. The molecule has 1 aliphatic heterocycles. The number of benzene rings is 2. The van der Waals surface area contributed by atoms with E-state index >= 15 is 0 Å². The number of hydrogen-bond donors (Lipinski definition) is 1. The van der Waals surface area contributed by atoms with E-state index in [1.54, 1.807) is 12.4 Å². The number of hydrogen-bond acceptors (Lipinski definition) is 3. The fourth-order valence-electron chi connectivity index (χ4n) is 3.10. The Bertz CT molecular complexity index is 994. The van der Waals surface area contributed by atoms with E-state index in [1.165, 1.54) is 0 Å². The third-order valence-electron chi connectivity index (χ3n) is 4.33.